The number of anilines is 1. The van der Waals surface area contributed by atoms with Gasteiger partial charge in [-0.25, -0.2) is 4.98 Å². The standard InChI is InChI=1S/C9H11N3O.2ClH/c1-12-8-3-2-6(10)4-7(8)11-9(12)5-13;;/h2-4,13H,5,10H2,1H3;2*1H/p-2. The fraction of sp³-hybridized carbons (Fsp3) is 0.222. The monoisotopic (exact) mass is 247 g/mol. The highest BCUT2D eigenvalue weighted by atomic mass is 35.5. The van der Waals surface area contributed by atoms with Crippen molar-refractivity contribution in [2.75, 3.05) is 5.73 Å². The van der Waals surface area contributed by atoms with Crippen molar-refractivity contribution in [2.24, 2.45) is 7.05 Å². The minimum atomic E-state index is -0.0505. The van der Waals surface area contributed by atoms with Crippen LogP contribution in [0.1, 0.15) is 5.82 Å². The van der Waals surface area contributed by atoms with E-state index in [1.54, 1.807) is 6.07 Å². The Kier molecular flexibility index (Phi) is 4.87. The largest absolute Gasteiger partial charge is 1.00 e. The van der Waals surface area contributed by atoms with Crippen LogP contribution in [0.5, 0.6) is 0 Å². The highest BCUT2D eigenvalue weighted by Crippen LogP contribution is 2.17. The van der Waals surface area contributed by atoms with E-state index in [4.69, 9.17) is 10.8 Å². The van der Waals surface area contributed by atoms with Crippen LogP contribution in [0, 0.1) is 0 Å². The molecule has 84 valence electrons. The van der Waals surface area contributed by atoms with Crippen LogP contribution >= 0.6 is 0 Å². The zero-order valence-electron chi connectivity index (χ0n) is 8.11. The summed E-state index contributed by atoms with van der Waals surface area (Å²) in [6, 6.07) is 5.52. The van der Waals surface area contributed by atoms with E-state index in [1.807, 2.05) is 23.7 Å². The fourth-order valence-electron chi connectivity index (χ4n) is 1.41. The topological polar surface area (TPSA) is 64.1 Å². The van der Waals surface area contributed by atoms with Gasteiger partial charge >= 0.3 is 0 Å². The van der Waals surface area contributed by atoms with E-state index < -0.39 is 0 Å². The summed E-state index contributed by atoms with van der Waals surface area (Å²) in [5.41, 5.74) is 8.11. The first kappa shape index (κ1) is 14.0. The van der Waals surface area contributed by atoms with Crippen molar-refractivity contribution in [3.8, 4) is 0 Å². The molecule has 0 atom stereocenters. The van der Waals surface area contributed by atoms with Crippen LogP contribution in [-0.2, 0) is 13.7 Å². The molecule has 1 aromatic heterocycles. The molecule has 0 spiro atoms. The first-order chi connectivity index (χ1) is 6.22. The van der Waals surface area contributed by atoms with Gasteiger partial charge in [0.25, 0.3) is 0 Å². The number of aromatic nitrogens is 2. The van der Waals surface area contributed by atoms with Crippen molar-refractivity contribution in [1.82, 2.24) is 9.55 Å². The van der Waals surface area contributed by atoms with Crippen molar-refractivity contribution in [3.63, 3.8) is 0 Å². The Labute approximate surface area is 99.9 Å². The Morgan fingerprint density at radius 3 is 2.67 bits per heavy atom. The second-order valence-electron chi connectivity index (χ2n) is 2.99. The predicted molar refractivity (Wildman–Crippen MR) is 51.0 cm³/mol. The number of rotatable bonds is 1. The molecule has 0 amide bonds. The van der Waals surface area contributed by atoms with Crippen molar-refractivity contribution in [3.05, 3.63) is 24.0 Å². The van der Waals surface area contributed by atoms with Gasteiger partial charge in [0.2, 0.25) is 0 Å². The summed E-state index contributed by atoms with van der Waals surface area (Å²) in [6.45, 7) is -0.0505. The van der Waals surface area contributed by atoms with Gasteiger partial charge in [-0.2, -0.15) is 0 Å². The molecule has 0 aliphatic rings. The van der Waals surface area contributed by atoms with Crippen LogP contribution in [0.3, 0.4) is 0 Å². The van der Waals surface area contributed by atoms with Gasteiger partial charge in [0.15, 0.2) is 0 Å². The number of aliphatic hydroxyl groups excluding tert-OH is 1. The molecule has 15 heavy (non-hydrogen) atoms. The van der Waals surface area contributed by atoms with Crippen molar-refractivity contribution in [2.45, 2.75) is 6.61 Å². The predicted octanol–water partition coefficient (Wildman–Crippen LogP) is -5.34. The first-order valence-electron chi connectivity index (χ1n) is 4.04. The van der Waals surface area contributed by atoms with Crippen molar-refractivity contribution < 1.29 is 29.9 Å². The molecule has 0 aliphatic heterocycles. The summed E-state index contributed by atoms with van der Waals surface area (Å²) < 4.78 is 1.86. The van der Waals surface area contributed by atoms with Crippen LogP contribution < -0.4 is 30.5 Å². The number of hydrogen-bond donors (Lipinski definition) is 2. The number of nitrogens with two attached hydrogens (primary N) is 1. The molecule has 4 nitrogen and oxygen atoms in total. The molecule has 2 rings (SSSR count). The molecule has 0 radical (unpaired) electrons. The van der Waals surface area contributed by atoms with E-state index in [0.29, 0.717) is 11.5 Å². The molecule has 1 aromatic carbocycles. The number of aryl methyl sites for hydroxylation is 1. The molecule has 0 bridgehead atoms. The smallest absolute Gasteiger partial charge is 0.135 e. The average Bonchev–Trinajstić information content (AvgIpc) is 2.42. The second-order valence-corrected chi connectivity index (χ2v) is 2.99. The molecule has 2 aromatic rings. The molecule has 0 aliphatic carbocycles. The second kappa shape index (κ2) is 5.21. The minimum Gasteiger partial charge on any atom is -1.00 e. The summed E-state index contributed by atoms with van der Waals surface area (Å²) in [6.07, 6.45) is 0. The number of halogens is 2. The molecule has 0 unspecified atom stereocenters. The first-order valence-corrected chi connectivity index (χ1v) is 4.04. The molecule has 0 saturated carbocycles. The fourth-order valence-corrected chi connectivity index (χ4v) is 1.41. The highest BCUT2D eigenvalue weighted by Gasteiger charge is 2.05. The summed E-state index contributed by atoms with van der Waals surface area (Å²) in [4.78, 5) is 4.22. The van der Waals surface area contributed by atoms with Gasteiger partial charge in [-0.05, 0) is 18.2 Å². The average molecular weight is 248 g/mol. The Hall–Kier alpha value is -0.970. The van der Waals surface area contributed by atoms with Gasteiger partial charge in [0, 0.05) is 12.7 Å². The van der Waals surface area contributed by atoms with Crippen molar-refractivity contribution >= 4 is 16.7 Å². The lowest BCUT2D eigenvalue weighted by Crippen LogP contribution is -3.00. The van der Waals surface area contributed by atoms with Crippen molar-refractivity contribution in [1.29, 1.82) is 0 Å². The third-order valence-electron chi connectivity index (χ3n) is 2.14. The lowest BCUT2D eigenvalue weighted by Gasteiger charge is -1.97. The SMILES string of the molecule is Cn1c(CO)nc2cc(N)ccc21.[Cl-].[Cl-]. The van der Waals surface area contributed by atoms with Gasteiger partial charge in [0.05, 0.1) is 11.0 Å². The Morgan fingerprint density at radius 2 is 2.07 bits per heavy atom. The van der Waals surface area contributed by atoms with Gasteiger partial charge in [0.1, 0.15) is 12.4 Å². The summed E-state index contributed by atoms with van der Waals surface area (Å²) in [7, 11) is 1.87. The molecular formula is C9H11Cl2N3O-2. The van der Waals surface area contributed by atoms with E-state index in [1.165, 1.54) is 0 Å². The quantitative estimate of drug-likeness (QED) is 0.495. The van der Waals surface area contributed by atoms with E-state index in [-0.39, 0.29) is 31.4 Å². The Morgan fingerprint density at radius 1 is 1.40 bits per heavy atom. The lowest BCUT2D eigenvalue weighted by atomic mass is 10.3. The van der Waals surface area contributed by atoms with E-state index >= 15 is 0 Å². The number of nitrogen functional groups attached to an aromatic ring is 1. The van der Waals surface area contributed by atoms with Gasteiger partial charge in [-0.1, -0.05) is 0 Å². The lowest BCUT2D eigenvalue weighted by molar-refractivity contribution is -0.00100. The highest BCUT2D eigenvalue weighted by molar-refractivity contribution is 5.79. The van der Waals surface area contributed by atoms with E-state index in [2.05, 4.69) is 4.98 Å². The number of hydrogen-bond acceptors (Lipinski definition) is 3. The number of fused-ring (bicyclic) bond motifs is 1. The van der Waals surface area contributed by atoms with Gasteiger partial charge < -0.3 is 40.2 Å². The van der Waals surface area contributed by atoms with Crippen LogP contribution in [-0.4, -0.2) is 14.7 Å². The third kappa shape index (κ3) is 2.34. The molecule has 1 heterocycles. The van der Waals surface area contributed by atoms with E-state index in [0.717, 1.165) is 11.0 Å². The maximum Gasteiger partial charge on any atom is 0.135 e. The Bertz CT molecular complexity index is 456. The molecular weight excluding hydrogens is 237 g/mol. The summed E-state index contributed by atoms with van der Waals surface area (Å²) >= 11 is 0. The maximum absolute atomic E-state index is 8.97. The number of imidazole rings is 1. The van der Waals surface area contributed by atoms with E-state index in [9.17, 15) is 0 Å². The summed E-state index contributed by atoms with van der Waals surface area (Å²) in [5.74, 6) is 0.653. The minimum absolute atomic E-state index is 0. The summed E-state index contributed by atoms with van der Waals surface area (Å²) in [5, 5.41) is 8.97. The van der Waals surface area contributed by atoms with Crippen LogP contribution in [0.15, 0.2) is 18.2 Å². The van der Waals surface area contributed by atoms with Crippen LogP contribution in [0.4, 0.5) is 5.69 Å². The number of aliphatic hydroxyl groups is 1. The number of nitrogens with zero attached hydrogens (tertiary/aromatic N) is 2. The molecule has 3 N–H and O–H groups in total. The Balaban J connectivity index is 0.000000980. The van der Waals surface area contributed by atoms with Gasteiger partial charge in [-0.15, -0.1) is 0 Å². The molecule has 0 saturated heterocycles. The van der Waals surface area contributed by atoms with Crippen LogP contribution in [0.25, 0.3) is 11.0 Å². The third-order valence-corrected chi connectivity index (χ3v) is 2.14. The number of benzene rings is 1. The normalized spacial score (nSPS) is 9.47. The molecule has 6 heteroatoms. The van der Waals surface area contributed by atoms with Crippen LogP contribution in [0.2, 0.25) is 0 Å². The zero-order chi connectivity index (χ0) is 9.42. The maximum atomic E-state index is 8.97. The van der Waals surface area contributed by atoms with Gasteiger partial charge in [-0.3, -0.25) is 0 Å². The zero-order valence-corrected chi connectivity index (χ0v) is 9.63. The molecule has 0 fully saturated rings.